The van der Waals surface area contributed by atoms with Crippen LogP contribution in [0, 0.1) is 0 Å². The van der Waals surface area contributed by atoms with Gasteiger partial charge in [-0.3, -0.25) is 28.9 Å². The lowest BCUT2D eigenvalue weighted by Crippen LogP contribution is -2.39. The molecule has 77 heavy (non-hydrogen) atoms. The summed E-state index contributed by atoms with van der Waals surface area (Å²) in [5.41, 5.74) is 15.0. The Balaban J connectivity index is 0.000000168. The molecule has 0 saturated carbocycles. The summed E-state index contributed by atoms with van der Waals surface area (Å²) in [4.78, 5) is 61.2. The number of likely N-dealkylation sites (N-methyl/N-ethyl adjacent to an activating group) is 1. The Bertz CT molecular complexity index is 2680. The summed E-state index contributed by atoms with van der Waals surface area (Å²) in [6, 6.07) is 17.8. The number of carbonyl (C=O) groups excluding carboxylic acids is 5. The quantitative estimate of drug-likeness (QED) is 0.0611. The molecular weight excluding hydrogens is 1000 g/mol. The van der Waals surface area contributed by atoms with Gasteiger partial charge in [-0.1, -0.05) is 42.5 Å². The highest BCUT2D eigenvalue weighted by Gasteiger charge is 2.40. The molecule has 3 aromatic rings. The van der Waals surface area contributed by atoms with Gasteiger partial charge in [-0.05, 0) is 117 Å². The molecule has 6 aliphatic heterocycles. The van der Waals surface area contributed by atoms with Crippen LogP contribution < -0.4 is 21.7 Å². The Morgan fingerprint density at radius 3 is 1.68 bits per heavy atom. The van der Waals surface area contributed by atoms with Gasteiger partial charge in [0.15, 0.2) is 21.4 Å². The van der Waals surface area contributed by atoms with Gasteiger partial charge in [-0.25, -0.2) is 8.42 Å². The van der Waals surface area contributed by atoms with E-state index in [1.54, 1.807) is 0 Å². The molecule has 3 aromatic carbocycles. The van der Waals surface area contributed by atoms with Gasteiger partial charge in [0.05, 0.1) is 11.5 Å². The summed E-state index contributed by atoms with van der Waals surface area (Å²) in [7, 11) is -4.53. The minimum atomic E-state index is -3.35. The monoisotopic (exact) mass is 1080 g/mol. The van der Waals surface area contributed by atoms with Crippen molar-refractivity contribution in [3.63, 3.8) is 0 Å². The third-order valence-corrected chi connectivity index (χ3v) is 17.2. The largest absolute Gasteiger partial charge is 0.458 e. The first-order chi connectivity index (χ1) is 36.8. The second-order valence-electron chi connectivity index (χ2n) is 22.1. The first-order valence-corrected chi connectivity index (χ1v) is 29.2. The SMILES string of the molecule is CC(=O)C[C@@H]1CC[C@H](CC(=O)c2ccc3c(c2)CN(CCN)C3)B(O)O1.CC(=O)C[C@@H]1CC[C@H](CS(=O)(=O)Cc2ccc3c(c2)CNC3)B(O)O1.CNCC1NCc2ccc(C(=O)C[C@H]3CC[C@@H](CC(C)=O)OB3O)cc21. The topological polar surface area (TPSA) is 273 Å². The predicted octanol–water partition coefficient (Wildman–Crippen LogP) is 4.39. The zero-order valence-corrected chi connectivity index (χ0v) is 46.0. The molecule has 3 fully saturated rings. The molecule has 1 unspecified atom stereocenters. The van der Waals surface area contributed by atoms with Crippen LogP contribution >= 0.6 is 0 Å². The molecule has 0 bridgehead atoms. The maximum absolute atomic E-state index is 12.7. The molecule has 22 heteroatoms. The van der Waals surface area contributed by atoms with Crippen LogP contribution in [0.25, 0.3) is 0 Å². The number of Topliss-reactive ketones (excluding diaryl/α,β-unsaturated/α-hetero) is 5. The standard InChI is InChI=1S/2C19H27BN2O4.C17H24BNO5S/c1-12(23)7-16-6-5-15(20(25)26-16)9-19(24)13-3-4-14-10-22-18(11-21-2)17(14)8-13;1-13(23)8-18-5-4-17(20(25)26-18)10-19(24)14-2-3-15-11-22(7-6-21)12-16(15)9-14;1-12(20)6-17-5-4-16(18(21)24-17)11-25(22,23)10-13-2-3-14-8-19-9-15(14)7-13/h3-4,8,15-16,18,21-22,25H,5-7,9-11H2,1-2H3;2-3,9,17-18,25H,4-8,10-12,21H2,1H3;2-3,7,16-17,19,21H,4-6,8-11H2,1H3/t15-,16+,18?;17-,18+;16-,17+/m111/s1. The number of hydrogen-bond acceptors (Lipinski definition) is 18. The van der Waals surface area contributed by atoms with E-state index in [-0.39, 0.29) is 95.7 Å². The third kappa shape index (κ3) is 17.6. The Kier molecular flexibility index (Phi) is 22.1. The average molecular weight is 1080 g/mol. The minimum absolute atomic E-state index is 0.00868. The maximum Gasteiger partial charge on any atom is 0.458 e. The molecule has 3 saturated heterocycles. The van der Waals surface area contributed by atoms with Crippen LogP contribution in [0.15, 0.2) is 54.6 Å². The summed E-state index contributed by atoms with van der Waals surface area (Å²) in [5.74, 6) is -0.825. The number of benzene rings is 3. The highest BCUT2D eigenvalue weighted by Crippen LogP contribution is 2.35. The highest BCUT2D eigenvalue weighted by molar-refractivity contribution is 7.90. The van der Waals surface area contributed by atoms with Gasteiger partial charge in [0.2, 0.25) is 0 Å². The minimum Gasteiger partial charge on any atom is -0.427 e. The predicted molar refractivity (Wildman–Crippen MR) is 295 cm³/mol. The molecule has 18 nitrogen and oxygen atoms in total. The van der Waals surface area contributed by atoms with Crippen LogP contribution in [-0.2, 0) is 76.7 Å². The lowest BCUT2D eigenvalue weighted by molar-refractivity contribution is -0.119. The highest BCUT2D eigenvalue weighted by atomic mass is 32.2. The van der Waals surface area contributed by atoms with Crippen LogP contribution in [0.2, 0.25) is 17.5 Å². The van der Waals surface area contributed by atoms with Gasteiger partial charge >= 0.3 is 21.4 Å². The van der Waals surface area contributed by atoms with E-state index < -0.39 is 37.0 Å². The van der Waals surface area contributed by atoms with E-state index in [0.717, 1.165) is 56.9 Å². The summed E-state index contributed by atoms with van der Waals surface area (Å²) in [5, 5.41) is 40.4. The molecule has 416 valence electrons. The number of rotatable bonds is 20. The number of carbonyl (C=O) groups is 5. The fraction of sp³-hybridized carbons (Fsp3) is 0.582. The number of nitrogens with one attached hydrogen (secondary N) is 3. The summed E-state index contributed by atoms with van der Waals surface area (Å²) in [6.07, 6.45) is 4.59. The molecular formula is C55H78B3N5O13S. The van der Waals surface area contributed by atoms with Crippen LogP contribution in [-0.4, -0.2) is 129 Å². The van der Waals surface area contributed by atoms with Gasteiger partial charge in [-0.2, -0.15) is 0 Å². The van der Waals surface area contributed by atoms with Gasteiger partial charge in [0.1, 0.15) is 17.3 Å². The lowest BCUT2D eigenvalue weighted by Gasteiger charge is -2.30. The number of ketones is 5. The number of sulfone groups is 1. The van der Waals surface area contributed by atoms with Crippen molar-refractivity contribution in [3.05, 3.63) is 105 Å². The van der Waals surface area contributed by atoms with Crippen molar-refractivity contribution in [2.45, 2.75) is 172 Å². The van der Waals surface area contributed by atoms with Crippen molar-refractivity contribution in [3.8, 4) is 0 Å². The van der Waals surface area contributed by atoms with Crippen molar-refractivity contribution in [2.75, 3.05) is 32.4 Å². The van der Waals surface area contributed by atoms with E-state index >= 15 is 0 Å². The van der Waals surface area contributed by atoms with Crippen molar-refractivity contribution >= 4 is 60.1 Å². The second kappa shape index (κ2) is 28.2. The number of nitrogens with two attached hydrogens (primary N) is 1. The van der Waals surface area contributed by atoms with E-state index in [4.69, 9.17) is 19.7 Å². The zero-order valence-electron chi connectivity index (χ0n) is 45.2. The Morgan fingerprint density at radius 2 is 1.14 bits per heavy atom. The van der Waals surface area contributed by atoms with Gasteiger partial charge in [-0.15, -0.1) is 0 Å². The molecule has 7 atom stereocenters. The van der Waals surface area contributed by atoms with Gasteiger partial charge in [0.25, 0.3) is 0 Å². The van der Waals surface area contributed by atoms with Crippen molar-refractivity contribution in [2.24, 2.45) is 5.73 Å². The van der Waals surface area contributed by atoms with Crippen LogP contribution in [0.5, 0.6) is 0 Å². The van der Waals surface area contributed by atoms with Gasteiger partial charge < -0.3 is 50.7 Å². The van der Waals surface area contributed by atoms with Crippen LogP contribution in [0.3, 0.4) is 0 Å². The fourth-order valence-corrected chi connectivity index (χ4v) is 13.3. The molecule has 8 N–H and O–H groups in total. The third-order valence-electron chi connectivity index (χ3n) is 15.5. The smallest absolute Gasteiger partial charge is 0.427 e. The Morgan fingerprint density at radius 1 is 0.636 bits per heavy atom. The number of nitrogens with zero attached hydrogens (tertiary/aromatic N) is 1. The van der Waals surface area contributed by atoms with E-state index in [2.05, 4.69) is 20.9 Å². The first-order valence-electron chi connectivity index (χ1n) is 27.4. The maximum atomic E-state index is 12.7. The molecule has 0 aromatic heterocycles. The fourth-order valence-electron chi connectivity index (χ4n) is 11.5. The molecule has 0 radical (unpaired) electrons. The number of hydrogen-bond donors (Lipinski definition) is 7. The lowest BCUT2D eigenvalue weighted by atomic mass is 9.64. The molecule has 6 aliphatic rings. The molecule has 0 spiro atoms. The average Bonchev–Trinajstić information content (AvgIpc) is 4.12. The second-order valence-corrected chi connectivity index (χ2v) is 24.2. The Labute approximate surface area is 455 Å². The summed E-state index contributed by atoms with van der Waals surface area (Å²) in [6.45, 7) is 11.0. The Hall–Kier alpha value is -4.29. The van der Waals surface area contributed by atoms with E-state index in [1.165, 1.54) is 48.6 Å². The molecule has 0 amide bonds. The summed E-state index contributed by atoms with van der Waals surface area (Å²) >= 11 is 0. The van der Waals surface area contributed by atoms with E-state index in [1.807, 2.05) is 61.6 Å². The summed E-state index contributed by atoms with van der Waals surface area (Å²) < 4.78 is 41.6. The van der Waals surface area contributed by atoms with Crippen molar-refractivity contribution < 1.29 is 61.4 Å². The zero-order chi connectivity index (χ0) is 55.4. The van der Waals surface area contributed by atoms with Gasteiger partial charge in [0, 0.05) is 137 Å². The normalized spacial score (nSPS) is 23.9. The number of fused-ring (bicyclic) bond motifs is 3. The molecule has 0 aliphatic carbocycles. The van der Waals surface area contributed by atoms with Crippen molar-refractivity contribution in [1.29, 1.82) is 0 Å². The van der Waals surface area contributed by atoms with Crippen LogP contribution in [0.1, 0.15) is 157 Å². The van der Waals surface area contributed by atoms with Crippen LogP contribution in [0.4, 0.5) is 0 Å². The first kappa shape index (κ1) is 60.4. The van der Waals surface area contributed by atoms with E-state index in [9.17, 15) is 47.5 Å². The van der Waals surface area contributed by atoms with E-state index in [0.29, 0.717) is 69.0 Å². The van der Waals surface area contributed by atoms with Crippen molar-refractivity contribution in [1.82, 2.24) is 20.9 Å². The molecule has 9 rings (SSSR count). The molecule has 6 heterocycles.